The van der Waals surface area contributed by atoms with Crippen molar-refractivity contribution in [1.82, 2.24) is 0 Å². The van der Waals surface area contributed by atoms with Gasteiger partial charge < -0.3 is 0 Å². The van der Waals surface area contributed by atoms with Gasteiger partial charge in [-0.2, -0.15) is 0 Å². The van der Waals surface area contributed by atoms with E-state index in [1.165, 1.54) is 70.2 Å². The molecule has 0 N–H and O–H groups in total. The number of allylic oxidation sites excluding steroid dienone is 2. The summed E-state index contributed by atoms with van der Waals surface area (Å²) in [6, 6.07) is 9.21. The summed E-state index contributed by atoms with van der Waals surface area (Å²) in [4.78, 5) is 0. The third-order valence-electron chi connectivity index (χ3n) is 9.27. The molecule has 0 amide bonds. The second-order valence-electron chi connectivity index (χ2n) is 11.9. The van der Waals surface area contributed by atoms with Gasteiger partial charge in [-0.15, -0.1) is 0 Å². The van der Waals surface area contributed by atoms with E-state index in [2.05, 4.69) is 91.1 Å². The second-order valence-corrected chi connectivity index (χ2v) is 71.2. The van der Waals surface area contributed by atoms with Gasteiger partial charge in [0.2, 0.25) is 0 Å². The van der Waals surface area contributed by atoms with E-state index in [4.69, 9.17) is 17.2 Å². The number of fused-ring (bicyclic) bond motifs is 2. The molecular weight excluding hydrogens is 662 g/mol. The Bertz CT molecular complexity index is 1150. The summed E-state index contributed by atoms with van der Waals surface area (Å²) in [5, 5.41) is 0. The predicted octanol–water partition coefficient (Wildman–Crippen LogP) is 10.9. The number of unbranched alkanes of at least 4 members (excludes halogenated alkanes) is 2. The molecule has 0 bridgehead atoms. The molecule has 0 saturated heterocycles. The molecule has 2 aliphatic carbocycles. The summed E-state index contributed by atoms with van der Waals surface area (Å²) in [6.07, 6.45) is 12.1. The number of benzene rings is 2. The quantitative estimate of drug-likeness (QED) is 0.228. The molecule has 2 aromatic rings. The van der Waals surface area contributed by atoms with E-state index in [1.54, 1.807) is 11.1 Å². The van der Waals surface area contributed by atoms with Gasteiger partial charge in [-0.1, -0.05) is 0 Å². The Hall–Kier alpha value is -0.413. The molecule has 0 aliphatic heterocycles. The van der Waals surface area contributed by atoms with Crippen molar-refractivity contribution < 1.29 is 15.3 Å². The van der Waals surface area contributed by atoms with Crippen LogP contribution in [-0.4, -0.2) is 5.98 Å². The van der Waals surface area contributed by atoms with Crippen LogP contribution in [0.15, 0.2) is 35.4 Å². The topological polar surface area (TPSA) is 0 Å². The molecule has 195 valence electrons. The van der Waals surface area contributed by atoms with Crippen molar-refractivity contribution in [2.75, 3.05) is 0 Å². The molecule has 2 atom stereocenters. The molecule has 0 fully saturated rings. The van der Waals surface area contributed by atoms with Gasteiger partial charge >= 0.3 is 231 Å². The van der Waals surface area contributed by atoms with Gasteiger partial charge in [0.15, 0.2) is 0 Å². The van der Waals surface area contributed by atoms with Crippen LogP contribution >= 0.6 is 17.2 Å². The first-order chi connectivity index (χ1) is 17.0. The number of hydrogen-bond donors (Lipinski definition) is 0. The molecule has 0 heterocycles. The summed E-state index contributed by atoms with van der Waals surface area (Å²) in [5.74, 6) is -1.49. The summed E-state index contributed by atoms with van der Waals surface area (Å²) < 4.78 is 0.471. The summed E-state index contributed by atoms with van der Waals surface area (Å²) in [6.45, 7) is 18.7. The van der Waals surface area contributed by atoms with E-state index in [1.807, 2.05) is 0 Å². The van der Waals surface area contributed by atoms with Gasteiger partial charge in [-0.05, 0) is 0 Å². The SMILES string of the molecule is CCCCC1=Cc2c(C)ccc(C)c2[CH]1[Hf]([Cl])([Cl])([CH]1C(CCCC)=Cc2c(C)ccc(C)c21)[SiH](C)C. The third-order valence-corrected chi connectivity index (χ3v) is 82.0. The van der Waals surface area contributed by atoms with Crippen LogP contribution in [0.2, 0.25) is 13.1 Å². The fourth-order valence-corrected chi connectivity index (χ4v) is 51.8. The van der Waals surface area contributed by atoms with Gasteiger partial charge in [0.1, 0.15) is 0 Å². The maximum atomic E-state index is 8.56. The third kappa shape index (κ3) is 4.44. The van der Waals surface area contributed by atoms with Crippen LogP contribution in [0.25, 0.3) is 12.2 Å². The van der Waals surface area contributed by atoms with Gasteiger partial charge in [0.05, 0.1) is 0 Å². The zero-order chi connectivity index (χ0) is 26.4. The summed E-state index contributed by atoms with van der Waals surface area (Å²) >= 11 is -4.78. The van der Waals surface area contributed by atoms with Crippen LogP contribution in [0, 0.1) is 27.7 Å². The average Bonchev–Trinajstić information content (AvgIpc) is 3.43. The van der Waals surface area contributed by atoms with Gasteiger partial charge in [-0.3, -0.25) is 0 Å². The molecule has 0 radical (unpaired) electrons. The van der Waals surface area contributed by atoms with E-state index < -0.39 is 21.3 Å². The van der Waals surface area contributed by atoms with Crippen molar-refractivity contribution in [2.24, 2.45) is 0 Å². The van der Waals surface area contributed by atoms with Crippen LogP contribution in [0.5, 0.6) is 0 Å². The fourth-order valence-electron chi connectivity index (χ4n) is 7.05. The minimum atomic E-state index is -4.78. The molecule has 0 nitrogen and oxygen atoms in total. The van der Waals surface area contributed by atoms with Gasteiger partial charge in [0.25, 0.3) is 0 Å². The van der Waals surface area contributed by atoms with Crippen molar-refractivity contribution in [3.63, 3.8) is 0 Å². The van der Waals surface area contributed by atoms with E-state index in [9.17, 15) is 0 Å². The molecule has 2 aromatic carbocycles. The van der Waals surface area contributed by atoms with Crippen LogP contribution in [0.3, 0.4) is 0 Å². The van der Waals surface area contributed by atoms with Crippen LogP contribution < -0.4 is 0 Å². The van der Waals surface area contributed by atoms with Crippen LogP contribution in [-0.2, 0) is 15.3 Å². The van der Waals surface area contributed by atoms with E-state index in [0.717, 1.165) is 12.8 Å². The standard InChI is InChI=1S/2C15H19.C2H7Si.2ClH.Hf/c2*1-4-5-6-13-9-14-11(2)7-8-12(3)15(14)10-13;1-3-2;;;/h2*7-10H,4-6H2,1-3H3;3H,1-2H3;2*1H;/q;;;;;+2/p-2. The second kappa shape index (κ2) is 10.6. The Morgan fingerprint density at radius 3 is 1.36 bits per heavy atom. The van der Waals surface area contributed by atoms with Crippen molar-refractivity contribution >= 4 is 35.3 Å². The first-order valence-corrected chi connectivity index (χ1v) is 36.3. The monoisotopic (exact) mass is 707 g/mol. The molecule has 2 unspecified atom stereocenters. The molecule has 2 aliphatic rings. The molecular formula is C32H45Cl2HfSi. The predicted molar refractivity (Wildman–Crippen MR) is 163 cm³/mol. The van der Waals surface area contributed by atoms with Gasteiger partial charge in [-0.25, -0.2) is 0 Å². The number of aryl methyl sites for hydroxylation is 4. The Balaban J connectivity index is 2.05. The van der Waals surface area contributed by atoms with Crippen molar-refractivity contribution in [2.45, 2.75) is 101 Å². The van der Waals surface area contributed by atoms with Crippen molar-refractivity contribution in [3.05, 3.63) is 79.9 Å². The first-order valence-electron chi connectivity index (χ1n) is 14.2. The number of hydrogen-bond acceptors (Lipinski definition) is 0. The molecule has 0 aromatic heterocycles. The zero-order valence-electron chi connectivity index (χ0n) is 23.7. The normalized spacial score (nSPS) is 20.1. The van der Waals surface area contributed by atoms with E-state index in [-0.39, 0.29) is 7.35 Å². The van der Waals surface area contributed by atoms with Crippen molar-refractivity contribution in [1.29, 1.82) is 0 Å². The van der Waals surface area contributed by atoms with Crippen molar-refractivity contribution in [3.8, 4) is 0 Å². The minimum absolute atomic E-state index is 0.235. The Morgan fingerprint density at radius 1 is 0.667 bits per heavy atom. The Kier molecular flexibility index (Phi) is 8.44. The van der Waals surface area contributed by atoms with E-state index in [0.29, 0.717) is 0 Å². The fraction of sp³-hybridized carbons (Fsp3) is 0.500. The van der Waals surface area contributed by atoms with E-state index >= 15 is 0 Å². The molecule has 0 spiro atoms. The maximum absolute atomic E-state index is 8.56. The Morgan fingerprint density at radius 2 is 1.03 bits per heavy atom. The summed E-state index contributed by atoms with van der Waals surface area (Å²) in [5.41, 5.74) is 14.4. The van der Waals surface area contributed by atoms with Gasteiger partial charge in [0, 0.05) is 0 Å². The van der Waals surface area contributed by atoms with Crippen LogP contribution in [0.1, 0.15) is 104 Å². The average molecular weight is 707 g/mol. The Labute approximate surface area is 229 Å². The number of rotatable bonds is 9. The van der Waals surface area contributed by atoms with Crippen LogP contribution in [0.4, 0.5) is 0 Å². The first kappa shape index (κ1) is 28.6. The molecule has 4 rings (SSSR count). The summed E-state index contributed by atoms with van der Waals surface area (Å²) in [7, 11) is 17.1. The zero-order valence-corrected chi connectivity index (χ0v) is 30.0. The number of halogens is 2. The molecule has 4 heteroatoms. The molecule has 36 heavy (non-hydrogen) atoms. The molecule has 0 saturated carbocycles.